The van der Waals surface area contributed by atoms with Gasteiger partial charge in [-0.05, 0) is 32.7 Å². The van der Waals surface area contributed by atoms with E-state index in [0.29, 0.717) is 0 Å². The van der Waals surface area contributed by atoms with Gasteiger partial charge in [0.2, 0.25) is 5.91 Å². The number of nitrogens with one attached hydrogen (secondary N) is 2. The molecule has 4 nitrogen and oxygen atoms in total. The van der Waals surface area contributed by atoms with Crippen molar-refractivity contribution in [1.82, 2.24) is 10.6 Å². The maximum atomic E-state index is 11.8. The van der Waals surface area contributed by atoms with E-state index in [-0.39, 0.29) is 23.2 Å². The number of hydrogen-bond acceptors (Lipinski definition) is 3. The highest BCUT2D eigenvalue weighted by atomic mass is 32.2. The van der Waals surface area contributed by atoms with Crippen LogP contribution in [0, 0.1) is 0 Å². The monoisotopic (exact) mass is 276 g/mol. The van der Waals surface area contributed by atoms with Crippen molar-refractivity contribution in [2.75, 3.05) is 12.8 Å². The third kappa shape index (κ3) is 7.11. The Morgan fingerprint density at radius 2 is 1.78 bits per heavy atom. The Hall–Kier alpha value is -0.420. The average Bonchev–Trinajstić information content (AvgIpc) is 2.34. The molecule has 18 heavy (non-hydrogen) atoms. The normalized spacial score (nSPS) is 16.3. The summed E-state index contributed by atoms with van der Waals surface area (Å²) in [5.74, 6) is 0.0500. The highest BCUT2D eigenvalue weighted by Crippen LogP contribution is 1.99. The van der Waals surface area contributed by atoms with Crippen molar-refractivity contribution in [2.45, 2.75) is 64.3 Å². The summed E-state index contributed by atoms with van der Waals surface area (Å²) in [6.07, 6.45) is 4.46. The molecule has 0 saturated carbocycles. The lowest BCUT2D eigenvalue weighted by Crippen LogP contribution is -2.46. The molecule has 0 bridgehead atoms. The number of amides is 1. The minimum Gasteiger partial charge on any atom is -0.352 e. The summed E-state index contributed by atoms with van der Waals surface area (Å²) in [6, 6.07) is 0.0758. The van der Waals surface area contributed by atoms with E-state index in [1.165, 1.54) is 0 Å². The first kappa shape index (κ1) is 17.6. The third-order valence-corrected chi connectivity index (χ3v) is 4.66. The zero-order valence-electron chi connectivity index (χ0n) is 12.3. The van der Waals surface area contributed by atoms with E-state index in [9.17, 15) is 9.00 Å². The molecule has 3 unspecified atom stereocenters. The van der Waals surface area contributed by atoms with Gasteiger partial charge >= 0.3 is 0 Å². The van der Waals surface area contributed by atoms with Crippen molar-refractivity contribution in [2.24, 2.45) is 0 Å². The Kier molecular flexibility index (Phi) is 9.28. The van der Waals surface area contributed by atoms with Crippen LogP contribution in [0.25, 0.3) is 0 Å². The van der Waals surface area contributed by atoms with Gasteiger partial charge in [-0.15, -0.1) is 0 Å². The lowest BCUT2D eigenvalue weighted by Gasteiger charge is -2.19. The van der Waals surface area contributed by atoms with Crippen molar-refractivity contribution >= 4 is 16.7 Å². The molecule has 0 aromatic carbocycles. The summed E-state index contributed by atoms with van der Waals surface area (Å²) < 4.78 is 11.2. The zero-order chi connectivity index (χ0) is 14.1. The highest BCUT2D eigenvalue weighted by molar-refractivity contribution is 7.84. The van der Waals surface area contributed by atoms with Gasteiger partial charge < -0.3 is 10.6 Å². The van der Waals surface area contributed by atoms with Crippen molar-refractivity contribution in [3.8, 4) is 0 Å². The fourth-order valence-corrected chi connectivity index (χ4v) is 2.03. The third-order valence-electron chi connectivity index (χ3n) is 3.29. The van der Waals surface area contributed by atoms with Gasteiger partial charge in [0.25, 0.3) is 0 Å². The summed E-state index contributed by atoms with van der Waals surface area (Å²) in [4.78, 5) is 11.8. The lowest BCUT2D eigenvalue weighted by atomic mass is 10.1. The summed E-state index contributed by atoms with van der Waals surface area (Å²) in [5.41, 5.74) is 0. The van der Waals surface area contributed by atoms with Crippen LogP contribution in [0.1, 0.15) is 47.0 Å². The van der Waals surface area contributed by atoms with Crippen LogP contribution in [0.4, 0.5) is 0 Å². The molecule has 0 aromatic rings. The molecule has 0 aliphatic heterocycles. The molecule has 0 heterocycles. The molecule has 0 aromatic heterocycles. The molecule has 2 N–H and O–H groups in total. The zero-order valence-corrected chi connectivity index (χ0v) is 13.1. The van der Waals surface area contributed by atoms with Crippen LogP contribution in [0.2, 0.25) is 0 Å². The minimum atomic E-state index is -0.788. The Labute approximate surface area is 114 Å². The van der Waals surface area contributed by atoms with E-state index >= 15 is 0 Å². The van der Waals surface area contributed by atoms with E-state index < -0.39 is 10.8 Å². The van der Waals surface area contributed by atoms with E-state index in [2.05, 4.69) is 24.5 Å². The number of hydrogen-bond donors (Lipinski definition) is 2. The predicted octanol–water partition coefficient (Wildman–Crippen LogP) is 1.43. The molecule has 0 saturated heterocycles. The molecule has 0 spiro atoms. The van der Waals surface area contributed by atoms with E-state index in [1.807, 2.05) is 13.8 Å². The lowest BCUT2D eigenvalue weighted by molar-refractivity contribution is -0.123. The first-order chi connectivity index (χ1) is 8.42. The Morgan fingerprint density at radius 3 is 2.22 bits per heavy atom. The van der Waals surface area contributed by atoms with E-state index in [4.69, 9.17) is 0 Å². The molecule has 5 heteroatoms. The second-order valence-corrected chi connectivity index (χ2v) is 6.60. The minimum absolute atomic E-state index is 0.0500. The van der Waals surface area contributed by atoms with Crippen molar-refractivity contribution in [3.63, 3.8) is 0 Å². The first-order valence-corrected chi connectivity index (χ1v) is 8.40. The predicted molar refractivity (Wildman–Crippen MR) is 78.1 cm³/mol. The molecular formula is C13H28N2O2S. The molecule has 0 fully saturated rings. The van der Waals surface area contributed by atoms with Gasteiger partial charge in [0, 0.05) is 28.3 Å². The fraction of sp³-hybridized carbons (Fsp3) is 0.923. The largest absolute Gasteiger partial charge is 0.352 e. The summed E-state index contributed by atoms with van der Waals surface area (Å²) in [7, 11) is -0.788. The summed E-state index contributed by atoms with van der Waals surface area (Å²) >= 11 is 0. The van der Waals surface area contributed by atoms with Gasteiger partial charge in [-0.25, -0.2) is 0 Å². The van der Waals surface area contributed by atoms with Gasteiger partial charge in [-0.2, -0.15) is 0 Å². The van der Waals surface area contributed by atoms with E-state index in [0.717, 1.165) is 25.8 Å². The van der Waals surface area contributed by atoms with Crippen LogP contribution in [-0.4, -0.2) is 40.3 Å². The van der Waals surface area contributed by atoms with Gasteiger partial charge in [-0.3, -0.25) is 9.00 Å². The summed E-state index contributed by atoms with van der Waals surface area (Å²) in [5, 5.41) is 6.36. The second kappa shape index (κ2) is 9.50. The highest BCUT2D eigenvalue weighted by Gasteiger charge is 2.15. The quantitative estimate of drug-likeness (QED) is 0.670. The molecule has 1 amide bonds. The topological polar surface area (TPSA) is 58.2 Å². The fourth-order valence-electron chi connectivity index (χ4n) is 1.58. The van der Waals surface area contributed by atoms with Crippen LogP contribution >= 0.6 is 0 Å². The van der Waals surface area contributed by atoms with Gasteiger partial charge in [-0.1, -0.05) is 20.8 Å². The Morgan fingerprint density at radius 1 is 1.22 bits per heavy atom. The van der Waals surface area contributed by atoms with Crippen molar-refractivity contribution in [3.05, 3.63) is 0 Å². The number of rotatable bonds is 9. The molecule has 3 atom stereocenters. The van der Waals surface area contributed by atoms with E-state index in [1.54, 1.807) is 6.26 Å². The van der Waals surface area contributed by atoms with Crippen LogP contribution in [-0.2, 0) is 15.6 Å². The smallest absolute Gasteiger partial charge is 0.237 e. The summed E-state index contributed by atoms with van der Waals surface area (Å²) in [6.45, 7) is 8.70. The van der Waals surface area contributed by atoms with Gasteiger partial charge in [0.1, 0.15) is 0 Å². The van der Waals surface area contributed by atoms with Crippen molar-refractivity contribution < 1.29 is 9.00 Å². The molecule has 0 aliphatic carbocycles. The van der Waals surface area contributed by atoms with Crippen LogP contribution in [0.5, 0.6) is 0 Å². The SMILES string of the molecule is CCC(CC)NC(=O)C(C)NCCC(C)S(C)=O. The Bertz CT molecular complexity index is 268. The molecular weight excluding hydrogens is 248 g/mol. The second-order valence-electron chi connectivity index (χ2n) is 4.80. The maximum Gasteiger partial charge on any atom is 0.237 e. The molecule has 0 radical (unpaired) electrons. The van der Waals surface area contributed by atoms with Crippen LogP contribution in [0.3, 0.4) is 0 Å². The standard InChI is InChI=1S/C13H28N2O2S/c1-6-12(7-2)15-13(16)11(4)14-9-8-10(3)18(5)17/h10-12,14H,6-9H2,1-5H3,(H,15,16). The van der Waals surface area contributed by atoms with Crippen molar-refractivity contribution in [1.29, 1.82) is 0 Å². The molecule has 108 valence electrons. The average molecular weight is 276 g/mol. The molecule has 0 aliphatic rings. The number of carbonyl (C=O) groups excluding carboxylic acids is 1. The van der Waals surface area contributed by atoms with Crippen LogP contribution in [0.15, 0.2) is 0 Å². The maximum absolute atomic E-state index is 11.8. The van der Waals surface area contributed by atoms with Gasteiger partial charge in [0.15, 0.2) is 0 Å². The number of carbonyl (C=O) groups is 1. The van der Waals surface area contributed by atoms with Gasteiger partial charge in [0.05, 0.1) is 6.04 Å². The van der Waals surface area contributed by atoms with Crippen LogP contribution < -0.4 is 10.6 Å². The Balaban J connectivity index is 3.91. The first-order valence-electron chi connectivity index (χ1n) is 6.78. The molecule has 0 rings (SSSR count).